The van der Waals surface area contributed by atoms with Crippen LogP contribution in [0.1, 0.15) is 30.4 Å². The molecular formula is C22H23FN6O2. The van der Waals surface area contributed by atoms with Crippen molar-refractivity contribution >= 4 is 22.7 Å². The molecule has 2 aromatic heterocycles. The first-order chi connectivity index (χ1) is 15.0. The quantitative estimate of drug-likeness (QED) is 0.558. The van der Waals surface area contributed by atoms with Gasteiger partial charge in [0.05, 0.1) is 12.1 Å². The van der Waals surface area contributed by atoms with Gasteiger partial charge in [-0.1, -0.05) is 6.07 Å². The lowest BCUT2D eigenvalue weighted by Gasteiger charge is -2.33. The van der Waals surface area contributed by atoms with Crippen molar-refractivity contribution in [1.29, 1.82) is 5.26 Å². The Kier molecular flexibility index (Phi) is 5.82. The number of hydrogen-bond acceptors (Lipinski definition) is 6. The van der Waals surface area contributed by atoms with Crippen LogP contribution in [-0.2, 0) is 4.79 Å². The molecule has 0 unspecified atom stereocenters. The number of anilines is 1. The van der Waals surface area contributed by atoms with Crippen LogP contribution in [0.2, 0.25) is 0 Å². The molecule has 3 heterocycles. The summed E-state index contributed by atoms with van der Waals surface area (Å²) in [4.78, 5) is 15.8. The molecular weight excluding hydrogens is 399 g/mol. The molecule has 3 aromatic rings. The average molecular weight is 422 g/mol. The first-order valence-electron chi connectivity index (χ1n) is 10.2. The van der Waals surface area contributed by atoms with Crippen LogP contribution in [0.5, 0.6) is 0 Å². The van der Waals surface area contributed by atoms with Crippen LogP contribution in [0, 0.1) is 24.1 Å². The lowest BCUT2D eigenvalue weighted by atomic mass is 10.0. The summed E-state index contributed by atoms with van der Waals surface area (Å²) in [6, 6.07) is 7.55. The molecule has 0 bridgehead atoms. The van der Waals surface area contributed by atoms with Crippen molar-refractivity contribution in [2.24, 2.45) is 0 Å². The molecule has 3 N–H and O–H groups in total. The van der Waals surface area contributed by atoms with Gasteiger partial charge in [-0.3, -0.25) is 4.79 Å². The summed E-state index contributed by atoms with van der Waals surface area (Å²) >= 11 is 0. The number of nitrogens with zero attached hydrogens (tertiary/aromatic N) is 4. The van der Waals surface area contributed by atoms with E-state index in [0.29, 0.717) is 46.6 Å². The SMILES string of the molecule is Cc1c(-c2ccc3c(F)c[nH]c3c2)nnc(N[C@@H]2CCCN(CCC(=O)O)C2)c1C#N. The summed E-state index contributed by atoms with van der Waals surface area (Å²) in [5.41, 5.74) is 3.10. The third-order valence-corrected chi connectivity index (χ3v) is 5.72. The number of fused-ring (bicyclic) bond motifs is 1. The predicted octanol–water partition coefficient (Wildman–Crippen LogP) is 3.30. The number of benzene rings is 1. The zero-order valence-corrected chi connectivity index (χ0v) is 17.2. The summed E-state index contributed by atoms with van der Waals surface area (Å²) in [5, 5.41) is 31.2. The average Bonchev–Trinajstić information content (AvgIpc) is 3.13. The lowest BCUT2D eigenvalue weighted by molar-refractivity contribution is -0.137. The van der Waals surface area contributed by atoms with Gasteiger partial charge in [0.25, 0.3) is 0 Å². The zero-order chi connectivity index (χ0) is 22.0. The number of H-pyrrole nitrogens is 1. The Morgan fingerprint density at radius 1 is 1.45 bits per heavy atom. The molecule has 0 aliphatic carbocycles. The molecule has 4 rings (SSSR count). The number of carbonyl (C=O) groups is 1. The third kappa shape index (κ3) is 4.34. The molecule has 1 aromatic carbocycles. The van der Waals surface area contributed by atoms with E-state index in [-0.39, 0.29) is 18.3 Å². The van der Waals surface area contributed by atoms with E-state index in [0.717, 1.165) is 24.9 Å². The van der Waals surface area contributed by atoms with Crippen molar-refractivity contribution in [1.82, 2.24) is 20.1 Å². The van der Waals surface area contributed by atoms with Crippen molar-refractivity contribution in [3.63, 3.8) is 0 Å². The number of halogens is 1. The number of likely N-dealkylation sites (tertiary alicyclic amines) is 1. The lowest BCUT2D eigenvalue weighted by Crippen LogP contribution is -2.43. The molecule has 0 radical (unpaired) electrons. The van der Waals surface area contributed by atoms with E-state index >= 15 is 0 Å². The number of aliphatic carboxylic acids is 1. The highest BCUT2D eigenvalue weighted by Gasteiger charge is 2.23. The second-order valence-corrected chi connectivity index (χ2v) is 7.83. The molecule has 1 saturated heterocycles. The van der Waals surface area contributed by atoms with Gasteiger partial charge in [0.1, 0.15) is 17.4 Å². The van der Waals surface area contributed by atoms with Gasteiger partial charge in [-0.15, -0.1) is 10.2 Å². The highest BCUT2D eigenvalue weighted by atomic mass is 19.1. The molecule has 1 atom stereocenters. The predicted molar refractivity (Wildman–Crippen MR) is 114 cm³/mol. The Hall–Kier alpha value is -3.51. The maximum Gasteiger partial charge on any atom is 0.304 e. The minimum Gasteiger partial charge on any atom is -0.481 e. The van der Waals surface area contributed by atoms with Crippen LogP contribution in [0.3, 0.4) is 0 Å². The van der Waals surface area contributed by atoms with Crippen molar-refractivity contribution in [2.75, 3.05) is 25.0 Å². The Labute approximate surface area is 178 Å². The number of nitrogens with one attached hydrogen (secondary N) is 2. The monoisotopic (exact) mass is 422 g/mol. The Balaban J connectivity index is 1.56. The van der Waals surface area contributed by atoms with Crippen LogP contribution in [0.15, 0.2) is 24.4 Å². The largest absolute Gasteiger partial charge is 0.481 e. The van der Waals surface area contributed by atoms with E-state index in [2.05, 4.69) is 31.5 Å². The maximum absolute atomic E-state index is 13.7. The number of carboxylic acids is 1. The molecule has 160 valence electrons. The second kappa shape index (κ2) is 8.70. The van der Waals surface area contributed by atoms with Crippen LogP contribution in [0.4, 0.5) is 10.2 Å². The Bertz CT molecular complexity index is 1170. The Morgan fingerprint density at radius 3 is 3.06 bits per heavy atom. The van der Waals surface area contributed by atoms with Crippen LogP contribution in [0.25, 0.3) is 22.2 Å². The smallest absolute Gasteiger partial charge is 0.304 e. The Morgan fingerprint density at radius 2 is 2.29 bits per heavy atom. The van der Waals surface area contributed by atoms with Gasteiger partial charge < -0.3 is 20.3 Å². The summed E-state index contributed by atoms with van der Waals surface area (Å²) in [6.07, 6.45) is 3.27. The molecule has 1 aliphatic rings. The number of aromatic nitrogens is 3. The van der Waals surface area contributed by atoms with E-state index in [1.54, 1.807) is 18.2 Å². The fraction of sp³-hybridized carbons (Fsp3) is 0.364. The minimum atomic E-state index is -0.806. The molecule has 1 fully saturated rings. The van der Waals surface area contributed by atoms with Crippen LogP contribution < -0.4 is 5.32 Å². The second-order valence-electron chi connectivity index (χ2n) is 7.83. The van der Waals surface area contributed by atoms with E-state index in [1.807, 2.05) is 6.92 Å². The molecule has 0 amide bonds. The maximum atomic E-state index is 13.7. The van der Waals surface area contributed by atoms with Gasteiger partial charge in [0.15, 0.2) is 5.82 Å². The number of aromatic amines is 1. The normalized spacial score (nSPS) is 16.9. The fourth-order valence-corrected chi connectivity index (χ4v) is 4.09. The van der Waals surface area contributed by atoms with Crippen molar-refractivity contribution < 1.29 is 14.3 Å². The van der Waals surface area contributed by atoms with E-state index in [1.165, 1.54) is 6.20 Å². The molecule has 1 aliphatic heterocycles. The highest BCUT2D eigenvalue weighted by Crippen LogP contribution is 2.29. The van der Waals surface area contributed by atoms with E-state index in [4.69, 9.17) is 5.11 Å². The van der Waals surface area contributed by atoms with Crippen molar-refractivity contribution in [3.8, 4) is 17.3 Å². The number of hydrogen-bond donors (Lipinski definition) is 3. The summed E-state index contributed by atoms with van der Waals surface area (Å²) in [5.74, 6) is -0.688. The van der Waals surface area contributed by atoms with E-state index < -0.39 is 5.97 Å². The molecule has 0 saturated carbocycles. The fourth-order valence-electron chi connectivity index (χ4n) is 4.09. The summed E-state index contributed by atoms with van der Waals surface area (Å²) in [6.45, 7) is 3.88. The third-order valence-electron chi connectivity index (χ3n) is 5.72. The van der Waals surface area contributed by atoms with E-state index in [9.17, 15) is 14.4 Å². The zero-order valence-electron chi connectivity index (χ0n) is 17.2. The number of nitriles is 1. The number of rotatable bonds is 6. The van der Waals surface area contributed by atoms with Crippen LogP contribution in [-0.4, -0.2) is 56.8 Å². The number of carboxylic acid groups (broad SMARTS) is 1. The van der Waals surface area contributed by atoms with Crippen molar-refractivity contribution in [2.45, 2.75) is 32.2 Å². The first-order valence-corrected chi connectivity index (χ1v) is 10.2. The summed E-state index contributed by atoms with van der Waals surface area (Å²) < 4.78 is 13.7. The molecule has 9 heteroatoms. The van der Waals surface area contributed by atoms with Gasteiger partial charge in [-0.05, 0) is 44.0 Å². The standard InChI is InChI=1S/C22H23FN6O2/c1-13-17(10-24)22(26-15-3-2-7-29(12-15)8-6-20(30)31)28-27-21(13)14-4-5-16-18(23)11-25-19(16)9-14/h4-5,9,11,15,25H,2-3,6-8,12H2,1H3,(H,26,28)(H,30,31)/t15-/m1/s1. The topological polar surface area (TPSA) is 118 Å². The van der Waals surface area contributed by atoms with Gasteiger partial charge in [0.2, 0.25) is 0 Å². The first kappa shape index (κ1) is 20.8. The molecule has 31 heavy (non-hydrogen) atoms. The van der Waals surface area contributed by atoms with Crippen molar-refractivity contribution in [3.05, 3.63) is 41.3 Å². The highest BCUT2D eigenvalue weighted by molar-refractivity contribution is 5.85. The van der Waals surface area contributed by atoms with Gasteiger partial charge in [-0.25, -0.2) is 4.39 Å². The minimum absolute atomic E-state index is 0.0624. The van der Waals surface area contributed by atoms with Gasteiger partial charge in [0, 0.05) is 41.8 Å². The van der Waals surface area contributed by atoms with Gasteiger partial charge in [-0.2, -0.15) is 5.26 Å². The van der Waals surface area contributed by atoms with Gasteiger partial charge >= 0.3 is 5.97 Å². The molecule has 8 nitrogen and oxygen atoms in total. The summed E-state index contributed by atoms with van der Waals surface area (Å²) in [7, 11) is 0. The van der Waals surface area contributed by atoms with Crippen LogP contribution >= 0.6 is 0 Å². The molecule has 0 spiro atoms. The number of piperidine rings is 1.